The normalized spacial score (nSPS) is 11.1. The number of halogens is 4. The Kier molecular flexibility index (Phi) is 3.70. The summed E-state index contributed by atoms with van der Waals surface area (Å²) in [6, 6.07) is 0.558. The maximum Gasteiger partial charge on any atom is 0.417 e. The molecule has 96 valence electrons. The van der Waals surface area contributed by atoms with Gasteiger partial charge in [0, 0.05) is 11.6 Å². The first-order chi connectivity index (χ1) is 8.18. The van der Waals surface area contributed by atoms with Crippen molar-refractivity contribution in [2.45, 2.75) is 6.18 Å². The highest BCUT2D eigenvalue weighted by atomic mass is 35.5. The van der Waals surface area contributed by atoms with Crippen molar-refractivity contribution in [3.63, 3.8) is 0 Å². The zero-order chi connectivity index (χ0) is 14.1. The lowest BCUT2D eigenvalue weighted by Gasteiger charge is -2.10. The van der Waals surface area contributed by atoms with E-state index in [0.29, 0.717) is 6.07 Å². The third-order valence-electron chi connectivity index (χ3n) is 2.01. The highest BCUT2D eigenvalue weighted by Crippen LogP contribution is 2.35. The van der Waals surface area contributed by atoms with Crippen LogP contribution in [0, 0.1) is 10.1 Å². The molecule has 1 rings (SSSR count). The summed E-state index contributed by atoms with van der Waals surface area (Å²) in [6.07, 6.45) is -5.11. The molecule has 1 aromatic rings. The molecule has 0 N–H and O–H groups in total. The zero-order valence-corrected chi connectivity index (χ0v) is 9.08. The van der Waals surface area contributed by atoms with Gasteiger partial charge in [-0.3, -0.25) is 19.7 Å². The molecule has 0 aliphatic rings. The van der Waals surface area contributed by atoms with Crippen LogP contribution in [0.4, 0.5) is 18.9 Å². The van der Waals surface area contributed by atoms with Crippen molar-refractivity contribution in [1.29, 1.82) is 0 Å². The number of nitrogens with zero attached hydrogens (tertiary/aromatic N) is 1. The number of benzene rings is 1. The molecule has 0 radical (unpaired) electrons. The van der Waals surface area contributed by atoms with Crippen LogP contribution in [-0.2, 0) is 6.18 Å². The summed E-state index contributed by atoms with van der Waals surface area (Å²) in [7, 11) is 0. The lowest BCUT2D eigenvalue weighted by Crippen LogP contribution is -2.12. The first-order valence-corrected chi connectivity index (χ1v) is 4.61. The molecule has 5 nitrogen and oxygen atoms in total. The van der Waals surface area contributed by atoms with Crippen molar-refractivity contribution >= 4 is 28.8 Å². The standard InChI is InChI=1S/C9H3ClF3NO4/c10-8(16)5-2-6(9(11,12)13)4(3-15)1-7(5)14(17)18/h1-3H. The minimum absolute atomic E-state index is 0.182. The summed E-state index contributed by atoms with van der Waals surface area (Å²) >= 11 is 4.97. The Morgan fingerprint density at radius 1 is 1.39 bits per heavy atom. The number of hydrogen-bond acceptors (Lipinski definition) is 4. The summed E-state index contributed by atoms with van der Waals surface area (Å²) < 4.78 is 37.6. The second-order valence-electron chi connectivity index (χ2n) is 3.10. The molecule has 0 saturated carbocycles. The van der Waals surface area contributed by atoms with Gasteiger partial charge < -0.3 is 0 Å². The SMILES string of the molecule is O=Cc1cc([N+](=O)[O-])c(C(=O)Cl)cc1C(F)(F)F. The molecule has 0 aliphatic carbocycles. The van der Waals surface area contributed by atoms with Gasteiger partial charge >= 0.3 is 6.18 Å². The summed E-state index contributed by atoms with van der Waals surface area (Å²) in [4.78, 5) is 30.8. The van der Waals surface area contributed by atoms with Gasteiger partial charge in [-0.15, -0.1) is 0 Å². The molecule has 0 amide bonds. The molecule has 0 aliphatic heterocycles. The van der Waals surface area contributed by atoms with Crippen molar-refractivity contribution in [2.75, 3.05) is 0 Å². The summed E-state index contributed by atoms with van der Waals surface area (Å²) in [6.45, 7) is 0. The van der Waals surface area contributed by atoms with E-state index in [2.05, 4.69) is 0 Å². The van der Waals surface area contributed by atoms with E-state index in [1.54, 1.807) is 0 Å². The molecule has 0 saturated heterocycles. The summed E-state index contributed by atoms with van der Waals surface area (Å²) in [5.74, 6) is 0. The van der Waals surface area contributed by atoms with Gasteiger partial charge in [0.15, 0.2) is 6.29 Å². The van der Waals surface area contributed by atoms with Gasteiger partial charge in [0.2, 0.25) is 0 Å². The first-order valence-electron chi connectivity index (χ1n) is 4.23. The van der Waals surface area contributed by atoms with Gasteiger partial charge in [-0.1, -0.05) is 0 Å². The van der Waals surface area contributed by atoms with Crippen LogP contribution in [0.25, 0.3) is 0 Å². The van der Waals surface area contributed by atoms with Gasteiger partial charge in [0.1, 0.15) is 5.56 Å². The average molecular weight is 282 g/mol. The fourth-order valence-electron chi connectivity index (χ4n) is 1.26. The Hall–Kier alpha value is -1.96. The zero-order valence-electron chi connectivity index (χ0n) is 8.32. The lowest BCUT2D eigenvalue weighted by atomic mass is 10.0. The fourth-order valence-corrected chi connectivity index (χ4v) is 1.41. The number of nitro benzene ring substituents is 1. The Morgan fingerprint density at radius 2 is 1.94 bits per heavy atom. The third kappa shape index (κ3) is 2.65. The van der Waals surface area contributed by atoms with Crippen molar-refractivity contribution < 1.29 is 27.7 Å². The Balaban J connectivity index is 3.67. The third-order valence-corrected chi connectivity index (χ3v) is 2.21. The van der Waals surface area contributed by atoms with Gasteiger partial charge in [-0.05, 0) is 17.7 Å². The Morgan fingerprint density at radius 3 is 2.28 bits per heavy atom. The average Bonchev–Trinajstić information content (AvgIpc) is 2.25. The Labute approximate surface area is 102 Å². The monoisotopic (exact) mass is 281 g/mol. The molecule has 0 spiro atoms. The van der Waals surface area contributed by atoms with E-state index >= 15 is 0 Å². The number of hydrogen-bond donors (Lipinski definition) is 0. The van der Waals surface area contributed by atoms with E-state index in [1.165, 1.54) is 0 Å². The predicted molar refractivity (Wildman–Crippen MR) is 53.7 cm³/mol. The highest BCUT2D eigenvalue weighted by Gasteiger charge is 2.36. The van der Waals surface area contributed by atoms with Crippen LogP contribution in [-0.4, -0.2) is 16.5 Å². The van der Waals surface area contributed by atoms with Crippen LogP contribution in [0.5, 0.6) is 0 Å². The van der Waals surface area contributed by atoms with Gasteiger partial charge in [0.05, 0.1) is 10.5 Å². The molecule has 0 fully saturated rings. The Bertz CT molecular complexity index is 541. The van der Waals surface area contributed by atoms with E-state index in [9.17, 15) is 32.9 Å². The minimum atomic E-state index is -4.92. The van der Waals surface area contributed by atoms with Gasteiger partial charge in [0.25, 0.3) is 10.9 Å². The van der Waals surface area contributed by atoms with Crippen LogP contribution < -0.4 is 0 Å². The quantitative estimate of drug-likeness (QED) is 0.369. The van der Waals surface area contributed by atoms with E-state index in [0.717, 1.165) is 0 Å². The van der Waals surface area contributed by atoms with E-state index in [-0.39, 0.29) is 12.4 Å². The van der Waals surface area contributed by atoms with Gasteiger partial charge in [-0.2, -0.15) is 13.2 Å². The molecule has 0 unspecified atom stereocenters. The first kappa shape index (κ1) is 14.1. The van der Waals surface area contributed by atoms with Crippen molar-refractivity contribution in [3.05, 3.63) is 38.9 Å². The molecule has 1 aromatic carbocycles. The van der Waals surface area contributed by atoms with Crippen molar-refractivity contribution in [3.8, 4) is 0 Å². The maximum atomic E-state index is 12.5. The second kappa shape index (κ2) is 4.73. The topological polar surface area (TPSA) is 77.3 Å². The van der Waals surface area contributed by atoms with Gasteiger partial charge in [-0.25, -0.2) is 0 Å². The van der Waals surface area contributed by atoms with Crippen LogP contribution in [0.1, 0.15) is 26.3 Å². The molecule has 9 heteroatoms. The van der Waals surface area contributed by atoms with E-state index in [4.69, 9.17) is 11.6 Å². The molecule has 18 heavy (non-hydrogen) atoms. The molecular formula is C9H3ClF3NO4. The molecule has 0 bridgehead atoms. The molecule has 0 aromatic heterocycles. The number of aldehydes is 1. The summed E-state index contributed by atoms with van der Waals surface area (Å²) in [5, 5.41) is 9.14. The number of carbonyl (C=O) groups is 2. The minimum Gasteiger partial charge on any atom is -0.298 e. The smallest absolute Gasteiger partial charge is 0.298 e. The molecule has 0 atom stereocenters. The molecule has 0 heterocycles. The number of rotatable bonds is 3. The van der Waals surface area contributed by atoms with Crippen LogP contribution in [0.15, 0.2) is 12.1 Å². The number of nitro groups is 1. The van der Waals surface area contributed by atoms with Crippen LogP contribution >= 0.6 is 11.6 Å². The number of alkyl halides is 3. The molecular weight excluding hydrogens is 279 g/mol. The van der Waals surface area contributed by atoms with E-state index < -0.39 is 38.7 Å². The number of carbonyl (C=O) groups excluding carboxylic acids is 2. The van der Waals surface area contributed by atoms with Crippen LogP contribution in [0.2, 0.25) is 0 Å². The van der Waals surface area contributed by atoms with Crippen molar-refractivity contribution in [2.24, 2.45) is 0 Å². The largest absolute Gasteiger partial charge is 0.417 e. The fraction of sp³-hybridized carbons (Fsp3) is 0.111. The maximum absolute atomic E-state index is 12.5. The highest BCUT2D eigenvalue weighted by molar-refractivity contribution is 6.68. The van der Waals surface area contributed by atoms with E-state index in [1.807, 2.05) is 0 Å². The summed E-state index contributed by atoms with van der Waals surface area (Å²) in [5.41, 5.74) is -4.26. The lowest BCUT2D eigenvalue weighted by molar-refractivity contribution is -0.385. The van der Waals surface area contributed by atoms with Crippen molar-refractivity contribution in [1.82, 2.24) is 0 Å². The second-order valence-corrected chi connectivity index (χ2v) is 3.45. The van der Waals surface area contributed by atoms with Crippen LogP contribution in [0.3, 0.4) is 0 Å². The predicted octanol–water partition coefficient (Wildman–Crippen LogP) is 2.81.